The third-order valence-electron chi connectivity index (χ3n) is 5.43. The Balaban J connectivity index is 1.40. The molecule has 3 aromatic rings. The summed E-state index contributed by atoms with van der Waals surface area (Å²) in [6, 6.07) is 14.2. The molecule has 0 aliphatic carbocycles. The lowest BCUT2D eigenvalue weighted by Crippen LogP contribution is -2.54. The molecule has 3 aromatic carbocycles. The van der Waals surface area contributed by atoms with Crippen LogP contribution >= 0.6 is 80.6 Å². The number of ether oxygens (including phenoxy) is 3. The molecule has 0 aromatic heterocycles. The summed E-state index contributed by atoms with van der Waals surface area (Å²) in [7, 11) is 0. The normalized spacial score (nSPS) is 15.8. The van der Waals surface area contributed by atoms with E-state index in [1.807, 2.05) is 30.3 Å². The van der Waals surface area contributed by atoms with Gasteiger partial charge in [-0.2, -0.15) is 0 Å². The first kappa shape index (κ1) is 26.5. The second-order valence-corrected chi connectivity index (χ2v) is 11.3. The van der Waals surface area contributed by atoms with Crippen molar-refractivity contribution in [1.29, 1.82) is 0 Å². The van der Waals surface area contributed by atoms with Crippen LogP contribution in [0.1, 0.15) is 11.1 Å². The Morgan fingerprint density at radius 2 is 1.78 bits per heavy atom. The van der Waals surface area contributed by atoms with Gasteiger partial charge in [0.05, 0.1) is 22.9 Å². The summed E-state index contributed by atoms with van der Waals surface area (Å²) >= 11 is 22.0. The third kappa shape index (κ3) is 5.39. The van der Waals surface area contributed by atoms with E-state index in [9.17, 15) is 9.59 Å². The Labute approximate surface area is 254 Å². The molecule has 2 amide bonds. The molecular weight excluding hydrogens is 765 g/mol. The van der Waals surface area contributed by atoms with Crippen LogP contribution in [0.25, 0.3) is 6.08 Å². The van der Waals surface area contributed by atoms with Gasteiger partial charge in [0.2, 0.25) is 6.79 Å². The molecule has 2 heterocycles. The van der Waals surface area contributed by atoms with Crippen molar-refractivity contribution in [3.05, 3.63) is 82.4 Å². The lowest BCUT2D eigenvalue weighted by Gasteiger charge is -2.29. The topological polar surface area (TPSA) is 77.1 Å². The number of thiocarbonyl (C=S) groups is 1. The number of rotatable bonds is 5. The van der Waals surface area contributed by atoms with Crippen molar-refractivity contribution < 1.29 is 23.8 Å². The molecular formula is C25H14Cl2I2N2O5S. The Kier molecular flexibility index (Phi) is 7.82. The summed E-state index contributed by atoms with van der Waals surface area (Å²) in [6.45, 7) is 0.541. The molecule has 188 valence electrons. The molecule has 0 bridgehead atoms. The predicted octanol–water partition coefficient (Wildman–Crippen LogP) is 6.34. The minimum atomic E-state index is -0.605. The van der Waals surface area contributed by atoms with Gasteiger partial charge in [-0.05, 0) is 111 Å². The Hall–Kier alpha value is -2.13. The van der Waals surface area contributed by atoms with Crippen LogP contribution in [0.3, 0.4) is 0 Å². The predicted molar refractivity (Wildman–Crippen MR) is 161 cm³/mol. The van der Waals surface area contributed by atoms with E-state index in [2.05, 4.69) is 50.5 Å². The number of carbonyl (C=O) groups is 2. The molecule has 7 nitrogen and oxygen atoms in total. The Bertz CT molecular complexity index is 1490. The quantitative estimate of drug-likeness (QED) is 0.141. The first-order valence-corrected chi connectivity index (χ1v) is 13.9. The molecule has 12 heteroatoms. The minimum absolute atomic E-state index is 0.0762. The average Bonchev–Trinajstić information content (AvgIpc) is 3.32. The fraction of sp³-hybridized carbons (Fsp3) is 0.0800. The number of nitrogens with one attached hydrogen (secondary N) is 1. The number of hydrogen-bond acceptors (Lipinski definition) is 6. The van der Waals surface area contributed by atoms with Crippen LogP contribution in [0.5, 0.6) is 17.2 Å². The molecule has 0 unspecified atom stereocenters. The highest BCUT2D eigenvalue weighted by Gasteiger charge is 2.35. The smallest absolute Gasteiger partial charge is 0.270 e. The molecule has 0 radical (unpaired) electrons. The summed E-state index contributed by atoms with van der Waals surface area (Å²) in [6.07, 6.45) is 1.51. The largest absolute Gasteiger partial charge is 0.487 e. The first-order chi connectivity index (χ1) is 17.7. The zero-order valence-electron chi connectivity index (χ0n) is 18.5. The van der Waals surface area contributed by atoms with Crippen molar-refractivity contribution in [3.63, 3.8) is 0 Å². The van der Waals surface area contributed by atoms with Gasteiger partial charge in [0, 0.05) is 0 Å². The van der Waals surface area contributed by atoms with E-state index in [0.717, 1.165) is 17.6 Å². The monoisotopic (exact) mass is 778 g/mol. The number of amides is 2. The van der Waals surface area contributed by atoms with E-state index in [-0.39, 0.29) is 33.2 Å². The highest BCUT2D eigenvalue weighted by atomic mass is 127. The highest BCUT2D eigenvalue weighted by Crippen LogP contribution is 2.36. The van der Waals surface area contributed by atoms with Gasteiger partial charge in [-0.3, -0.25) is 19.8 Å². The standard InChI is InChI=1S/C25H14Cl2I2N2O5S/c26-15-2-1-3-18(21(15)27)31-24(33)14(23(32)30-25(31)37)6-13-7-16(28)22(17(29)8-13)34-10-12-4-5-19-20(9-12)36-11-35-19/h1-9H,10-11H2,(H,30,32,37)/b14-6+. The summed E-state index contributed by atoms with van der Waals surface area (Å²) in [5.74, 6) is 0.886. The number of nitrogens with zero attached hydrogens (tertiary/aromatic N) is 1. The average molecular weight is 779 g/mol. The fourth-order valence-corrected chi connectivity index (χ4v) is 6.48. The van der Waals surface area contributed by atoms with Gasteiger partial charge in [-0.15, -0.1) is 0 Å². The third-order valence-corrected chi connectivity index (χ3v) is 8.12. The Morgan fingerprint density at radius 3 is 2.54 bits per heavy atom. The van der Waals surface area contributed by atoms with Crippen molar-refractivity contribution in [1.82, 2.24) is 5.32 Å². The van der Waals surface area contributed by atoms with E-state index in [4.69, 9.17) is 49.6 Å². The maximum Gasteiger partial charge on any atom is 0.270 e. The molecule has 0 spiro atoms. The molecule has 1 N–H and O–H groups in total. The van der Waals surface area contributed by atoms with E-state index >= 15 is 0 Å². The molecule has 0 atom stereocenters. The summed E-state index contributed by atoms with van der Waals surface area (Å²) in [5.41, 5.74) is 1.77. The van der Waals surface area contributed by atoms with Crippen molar-refractivity contribution in [2.75, 3.05) is 11.7 Å². The molecule has 37 heavy (non-hydrogen) atoms. The van der Waals surface area contributed by atoms with Crippen LogP contribution < -0.4 is 24.4 Å². The molecule has 1 saturated heterocycles. The van der Waals surface area contributed by atoms with Gasteiger partial charge in [0.15, 0.2) is 16.6 Å². The van der Waals surface area contributed by atoms with Crippen LogP contribution in [0, 0.1) is 7.14 Å². The fourth-order valence-electron chi connectivity index (χ4n) is 3.69. The summed E-state index contributed by atoms with van der Waals surface area (Å²) < 4.78 is 18.5. The van der Waals surface area contributed by atoms with Gasteiger partial charge in [0.25, 0.3) is 11.8 Å². The van der Waals surface area contributed by atoms with E-state index in [1.54, 1.807) is 18.2 Å². The summed E-state index contributed by atoms with van der Waals surface area (Å²) in [4.78, 5) is 27.2. The van der Waals surface area contributed by atoms with Crippen LogP contribution in [0.4, 0.5) is 5.69 Å². The van der Waals surface area contributed by atoms with Crippen LogP contribution in [0.15, 0.2) is 54.1 Å². The van der Waals surface area contributed by atoms with Gasteiger partial charge in [-0.25, -0.2) is 0 Å². The maximum atomic E-state index is 13.4. The second-order valence-electron chi connectivity index (χ2n) is 7.82. The van der Waals surface area contributed by atoms with Gasteiger partial charge in [0.1, 0.15) is 17.9 Å². The van der Waals surface area contributed by atoms with Crippen molar-refractivity contribution in [2.45, 2.75) is 6.61 Å². The molecule has 5 rings (SSSR count). The zero-order valence-corrected chi connectivity index (χ0v) is 25.2. The highest BCUT2D eigenvalue weighted by molar-refractivity contribution is 14.1. The maximum absolute atomic E-state index is 13.4. The second kappa shape index (κ2) is 10.9. The Morgan fingerprint density at radius 1 is 1.05 bits per heavy atom. The molecule has 0 saturated carbocycles. The number of hydrogen-bond donors (Lipinski definition) is 1. The first-order valence-electron chi connectivity index (χ1n) is 10.6. The number of halogens is 4. The zero-order chi connectivity index (χ0) is 26.3. The van der Waals surface area contributed by atoms with Gasteiger partial charge >= 0.3 is 0 Å². The lowest BCUT2D eigenvalue weighted by molar-refractivity contribution is -0.122. The molecule has 2 aliphatic heterocycles. The van der Waals surface area contributed by atoms with Crippen molar-refractivity contribution >= 4 is 109 Å². The molecule has 1 fully saturated rings. The van der Waals surface area contributed by atoms with Gasteiger partial charge < -0.3 is 14.2 Å². The van der Waals surface area contributed by atoms with E-state index in [1.165, 1.54) is 6.08 Å². The number of carbonyl (C=O) groups excluding carboxylic acids is 2. The summed E-state index contributed by atoms with van der Waals surface area (Å²) in [5, 5.41) is 2.89. The van der Waals surface area contributed by atoms with Crippen LogP contribution in [-0.2, 0) is 16.2 Å². The SMILES string of the molecule is O=C1NC(=S)N(c2cccc(Cl)c2Cl)C(=O)/C1=C/c1cc(I)c(OCc2ccc3c(c2)OCO3)c(I)c1. The van der Waals surface area contributed by atoms with Gasteiger partial charge in [-0.1, -0.05) is 35.3 Å². The molecule has 2 aliphatic rings. The number of anilines is 1. The van der Waals surface area contributed by atoms with E-state index in [0.29, 0.717) is 29.4 Å². The number of benzene rings is 3. The van der Waals surface area contributed by atoms with Crippen LogP contribution in [-0.4, -0.2) is 23.7 Å². The van der Waals surface area contributed by atoms with Crippen molar-refractivity contribution in [3.8, 4) is 17.2 Å². The van der Waals surface area contributed by atoms with E-state index < -0.39 is 11.8 Å². The van der Waals surface area contributed by atoms with Crippen LogP contribution in [0.2, 0.25) is 10.0 Å². The van der Waals surface area contributed by atoms with Crippen molar-refractivity contribution in [2.24, 2.45) is 0 Å². The number of fused-ring (bicyclic) bond motifs is 1. The minimum Gasteiger partial charge on any atom is -0.487 e. The lowest BCUT2D eigenvalue weighted by atomic mass is 10.1.